The van der Waals surface area contributed by atoms with Crippen LogP contribution < -0.4 is 0 Å². The van der Waals surface area contributed by atoms with E-state index in [9.17, 15) is 0 Å². The zero-order chi connectivity index (χ0) is 7.68. The largest absolute Gasteiger partial charge is 0.200 e. The van der Waals surface area contributed by atoms with E-state index in [1.807, 2.05) is 24.6 Å². The number of fused-ring (bicyclic) bond motifs is 1. The van der Waals surface area contributed by atoms with Crippen molar-refractivity contribution in [2.24, 2.45) is 0 Å². The van der Waals surface area contributed by atoms with Gasteiger partial charge in [-0.15, -0.1) is 16.9 Å². The fourth-order valence-corrected chi connectivity index (χ4v) is 1.25. The van der Waals surface area contributed by atoms with Crippen molar-refractivity contribution in [1.29, 1.82) is 0 Å². The van der Waals surface area contributed by atoms with E-state index in [0.29, 0.717) is 0 Å². The van der Waals surface area contributed by atoms with E-state index in [4.69, 9.17) is 0 Å². The number of tetrazole rings is 1. The van der Waals surface area contributed by atoms with Gasteiger partial charge in [-0.25, -0.2) is 0 Å². The average Bonchev–Trinajstić information content (AvgIpc) is 2.50. The number of thioether (sulfide) groups is 1. The summed E-state index contributed by atoms with van der Waals surface area (Å²) < 4.78 is 1.66. The first-order valence-electron chi connectivity index (χ1n) is 3.12. The number of nitrogens with zero attached hydrogens (tertiary/aromatic N) is 4. The van der Waals surface area contributed by atoms with E-state index in [-0.39, 0.29) is 0 Å². The fourth-order valence-electron chi connectivity index (χ4n) is 0.843. The quantitative estimate of drug-likeness (QED) is 0.589. The van der Waals surface area contributed by atoms with Crippen molar-refractivity contribution in [2.75, 3.05) is 6.26 Å². The molecule has 0 radical (unpaired) electrons. The van der Waals surface area contributed by atoms with Crippen molar-refractivity contribution in [3.63, 3.8) is 0 Å². The van der Waals surface area contributed by atoms with Crippen LogP contribution >= 0.6 is 11.8 Å². The van der Waals surface area contributed by atoms with Crippen LogP contribution in [0.1, 0.15) is 0 Å². The lowest BCUT2D eigenvalue weighted by atomic mass is 10.5. The van der Waals surface area contributed by atoms with Gasteiger partial charge in [-0.2, -0.15) is 4.52 Å². The summed E-state index contributed by atoms with van der Waals surface area (Å²) in [4.78, 5) is 1.16. The van der Waals surface area contributed by atoms with Crippen molar-refractivity contribution in [3.8, 4) is 0 Å². The minimum Gasteiger partial charge on any atom is -0.200 e. The van der Waals surface area contributed by atoms with Crippen LogP contribution in [0.25, 0.3) is 5.65 Å². The molecule has 0 bridgehead atoms. The van der Waals surface area contributed by atoms with Crippen molar-refractivity contribution in [1.82, 2.24) is 20.0 Å². The second-order valence-electron chi connectivity index (χ2n) is 2.05. The maximum Gasteiger partial charge on any atom is 0.179 e. The standard InChI is InChI=1S/C6H6N4S/c1-11-5-2-3-6-7-8-9-10(6)4-5/h2-4H,1H3. The minimum atomic E-state index is 0.780. The van der Waals surface area contributed by atoms with Gasteiger partial charge in [-0.1, -0.05) is 0 Å². The van der Waals surface area contributed by atoms with Gasteiger partial charge in [0.05, 0.1) is 0 Å². The Morgan fingerprint density at radius 2 is 2.36 bits per heavy atom. The summed E-state index contributed by atoms with van der Waals surface area (Å²) in [6.07, 6.45) is 3.92. The molecule has 5 heteroatoms. The molecule has 2 aromatic rings. The molecule has 0 unspecified atom stereocenters. The van der Waals surface area contributed by atoms with Gasteiger partial charge >= 0.3 is 0 Å². The van der Waals surface area contributed by atoms with Gasteiger partial charge in [-0.3, -0.25) is 0 Å². The van der Waals surface area contributed by atoms with E-state index in [2.05, 4.69) is 15.5 Å². The molecule has 0 aliphatic heterocycles. The molecule has 2 rings (SSSR count). The van der Waals surface area contributed by atoms with Gasteiger partial charge in [0.15, 0.2) is 5.65 Å². The molecule has 0 N–H and O–H groups in total. The highest BCUT2D eigenvalue weighted by molar-refractivity contribution is 7.98. The summed E-state index contributed by atoms with van der Waals surface area (Å²) in [5.41, 5.74) is 0.780. The number of hydrogen-bond acceptors (Lipinski definition) is 4. The van der Waals surface area contributed by atoms with Gasteiger partial charge in [0, 0.05) is 11.1 Å². The Hall–Kier alpha value is -1.10. The fraction of sp³-hybridized carbons (Fsp3) is 0.167. The molecule has 0 aliphatic rings. The summed E-state index contributed by atoms with van der Waals surface area (Å²) in [6, 6.07) is 3.89. The Kier molecular flexibility index (Phi) is 1.50. The summed E-state index contributed by atoms with van der Waals surface area (Å²) in [6.45, 7) is 0. The lowest BCUT2D eigenvalue weighted by molar-refractivity contribution is 0.816. The molecule has 11 heavy (non-hydrogen) atoms. The van der Waals surface area contributed by atoms with Crippen molar-refractivity contribution in [2.45, 2.75) is 4.90 Å². The average molecular weight is 166 g/mol. The molecule has 0 spiro atoms. The molecule has 0 aromatic carbocycles. The molecule has 0 aliphatic carbocycles. The second-order valence-corrected chi connectivity index (χ2v) is 2.93. The highest BCUT2D eigenvalue weighted by Crippen LogP contribution is 2.13. The number of pyridine rings is 1. The first-order valence-corrected chi connectivity index (χ1v) is 4.34. The minimum absolute atomic E-state index is 0.780. The zero-order valence-corrected chi connectivity index (χ0v) is 6.75. The normalized spacial score (nSPS) is 10.6. The van der Waals surface area contributed by atoms with Crippen LogP contribution in [-0.4, -0.2) is 26.3 Å². The first-order chi connectivity index (χ1) is 5.40. The van der Waals surface area contributed by atoms with Gasteiger partial charge in [0.25, 0.3) is 0 Å². The maximum absolute atomic E-state index is 3.79. The Bertz CT molecular complexity index is 369. The molecule has 0 fully saturated rings. The lowest BCUT2D eigenvalue weighted by Gasteiger charge is -1.93. The zero-order valence-electron chi connectivity index (χ0n) is 5.93. The van der Waals surface area contributed by atoms with E-state index in [0.717, 1.165) is 10.5 Å². The van der Waals surface area contributed by atoms with Crippen LogP contribution in [-0.2, 0) is 0 Å². The third kappa shape index (κ3) is 1.07. The molecule has 2 aromatic heterocycles. The maximum atomic E-state index is 3.79. The summed E-state index contributed by atoms with van der Waals surface area (Å²) in [5, 5.41) is 11.1. The molecular formula is C6H6N4S. The smallest absolute Gasteiger partial charge is 0.179 e. The van der Waals surface area contributed by atoms with E-state index >= 15 is 0 Å². The summed E-state index contributed by atoms with van der Waals surface area (Å²) in [5.74, 6) is 0. The van der Waals surface area contributed by atoms with Crippen LogP contribution in [0.5, 0.6) is 0 Å². The molecule has 56 valence electrons. The monoisotopic (exact) mass is 166 g/mol. The van der Waals surface area contributed by atoms with E-state index in [1.165, 1.54) is 0 Å². The van der Waals surface area contributed by atoms with Crippen molar-refractivity contribution < 1.29 is 0 Å². The second kappa shape index (κ2) is 2.50. The lowest BCUT2D eigenvalue weighted by Crippen LogP contribution is -1.86. The molecule has 0 saturated heterocycles. The van der Waals surface area contributed by atoms with Crippen molar-refractivity contribution in [3.05, 3.63) is 18.3 Å². The van der Waals surface area contributed by atoms with E-state index in [1.54, 1.807) is 16.3 Å². The topological polar surface area (TPSA) is 43.1 Å². The molecule has 0 atom stereocenters. The Balaban J connectivity index is 2.67. The highest BCUT2D eigenvalue weighted by atomic mass is 32.2. The molecule has 2 heterocycles. The van der Waals surface area contributed by atoms with Crippen LogP contribution in [0.4, 0.5) is 0 Å². The SMILES string of the molecule is CSc1ccc2nnnn2c1. The number of rotatable bonds is 1. The van der Waals surface area contributed by atoms with Crippen LogP contribution in [0.15, 0.2) is 23.2 Å². The Labute approximate surface area is 67.6 Å². The van der Waals surface area contributed by atoms with Crippen molar-refractivity contribution >= 4 is 17.4 Å². The first kappa shape index (κ1) is 6.60. The van der Waals surface area contributed by atoms with Gasteiger partial charge in [0.1, 0.15) is 0 Å². The van der Waals surface area contributed by atoms with Crippen LogP contribution in [0, 0.1) is 0 Å². The summed E-state index contributed by atoms with van der Waals surface area (Å²) in [7, 11) is 0. The highest BCUT2D eigenvalue weighted by Gasteiger charge is 1.95. The van der Waals surface area contributed by atoms with Gasteiger partial charge in [-0.05, 0) is 28.8 Å². The van der Waals surface area contributed by atoms with Crippen LogP contribution in [0.2, 0.25) is 0 Å². The number of aromatic nitrogens is 4. The Morgan fingerprint density at radius 3 is 3.18 bits per heavy atom. The molecule has 0 saturated carbocycles. The van der Waals surface area contributed by atoms with E-state index < -0.39 is 0 Å². The van der Waals surface area contributed by atoms with Gasteiger partial charge in [0.2, 0.25) is 0 Å². The molecule has 0 amide bonds. The third-order valence-electron chi connectivity index (χ3n) is 1.40. The Morgan fingerprint density at radius 1 is 1.45 bits per heavy atom. The van der Waals surface area contributed by atoms with Gasteiger partial charge < -0.3 is 0 Å². The predicted molar refractivity (Wildman–Crippen MR) is 42.6 cm³/mol. The number of hydrogen-bond donors (Lipinski definition) is 0. The summed E-state index contributed by atoms with van der Waals surface area (Å²) >= 11 is 1.67. The predicted octanol–water partition coefficient (Wildman–Crippen LogP) is 0.846. The molecular weight excluding hydrogens is 160 g/mol. The third-order valence-corrected chi connectivity index (χ3v) is 2.11. The molecule has 4 nitrogen and oxygen atoms in total. The van der Waals surface area contributed by atoms with Crippen LogP contribution in [0.3, 0.4) is 0 Å².